The summed E-state index contributed by atoms with van der Waals surface area (Å²) in [6, 6.07) is 7.94. The molecule has 0 aliphatic heterocycles. The van der Waals surface area contributed by atoms with Crippen molar-refractivity contribution in [3.05, 3.63) is 58.3 Å². The number of nitrogens with zero attached hydrogens (tertiary/aromatic N) is 3. The van der Waals surface area contributed by atoms with Crippen LogP contribution in [-0.4, -0.2) is 34.6 Å². The van der Waals surface area contributed by atoms with Gasteiger partial charge in [-0.2, -0.15) is 0 Å². The molecule has 29 heavy (non-hydrogen) atoms. The van der Waals surface area contributed by atoms with Crippen LogP contribution >= 0.6 is 0 Å². The van der Waals surface area contributed by atoms with E-state index in [0.29, 0.717) is 33.3 Å². The highest BCUT2D eigenvalue weighted by Crippen LogP contribution is 2.38. The van der Waals surface area contributed by atoms with Crippen molar-refractivity contribution in [3.8, 4) is 16.9 Å². The Hall–Kier alpha value is -4.01. The molecule has 3 aromatic rings. The first kappa shape index (κ1) is 19.7. The second-order valence-corrected chi connectivity index (χ2v) is 5.93. The third kappa shape index (κ3) is 4.13. The average Bonchev–Trinajstić information content (AvgIpc) is 2.71. The van der Waals surface area contributed by atoms with E-state index >= 15 is 0 Å². The number of rotatable bonds is 6. The number of nitro benzene ring substituents is 1. The van der Waals surface area contributed by atoms with Crippen LogP contribution in [0.2, 0.25) is 0 Å². The van der Waals surface area contributed by atoms with E-state index in [0.717, 1.165) is 0 Å². The summed E-state index contributed by atoms with van der Waals surface area (Å²) in [7, 11) is 1.47. The molecule has 0 unspecified atom stereocenters. The van der Waals surface area contributed by atoms with E-state index in [9.17, 15) is 14.9 Å². The monoisotopic (exact) mass is 394 g/mol. The van der Waals surface area contributed by atoms with Gasteiger partial charge < -0.3 is 15.2 Å². The van der Waals surface area contributed by atoms with Gasteiger partial charge in [-0.15, -0.1) is 0 Å². The minimum atomic E-state index is -0.506. The maximum Gasteiger partial charge on any atom is 0.330 e. The lowest BCUT2D eigenvalue weighted by Gasteiger charge is -2.13. The van der Waals surface area contributed by atoms with Crippen molar-refractivity contribution in [2.24, 2.45) is 0 Å². The molecule has 9 nitrogen and oxygen atoms in total. The van der Waals surface area contributed by atoms with Crippen molar-refractivity contribution in [1.82, 2.24) is 9.97 Å². The summed E-state index contributed by atoms with van der Waals surface area (Å²) < 4.78 is 10.4. The third-order valence-electron chi connectivity index (χ3n) is 4.13. The summed E-state index contributed by atoms with van der Waals surface area (Å²) >= 11 is 0. The van der Waals surface area contributed by atoms with E-state index in [1.54, 1.807) is 25.1 Å². The van der Waals surface area contributed by atoms with Gasteiger partial charge in [0.05, 0.1) is 18.6 Å². The molecule has 0 bridgehead atoms. The largest absolute Gasteiger partial charge is 0.494 e. The molecule has 3 rings (SSSR count). The number of carbonyl (C=O) groups excluding carboxylic acids is 1. The molecule has 0 saturated carbocycles. The molecule has 0 radical (unpaired) electrons. The molecule has 0 aliphatic rings. The summed E-state index contributed by atoms with van der Waals surface area (Å²) in [5.74, 6) is -0.0649. The van der Waals surface area contributed by atoms with Gasteiger partial charge >= 0.3 is 5.97 Å². The van der Waals surface area contributed by atoms with Gasteiger partial charge in [0.1, 0.15) is 5.52 Å². The number of anilines is 1. The van der Waals surface area contributed by atoms with E-state index in [1.807, 2.05) is 0 Å². The van der Waals surface area contributed by atoms with Gasteiger partial charge in [0, 0.05) is 35.4 Å². The molecule has 0 amide bonds. The molecule has 0 aliphatic carbocycles. The van der Waals surface area contributed by atoms with Gasteiger partial charge in [0.15, 0.2) is 5.75 Å². The standard InChI is InChI=1S/C20H18N4O5/c1-3-29-17(25)8-7-13-10-15(12-5-4-6-14(9-12)24(26)27)16-11-22-20(21)23-18(16)19(13)28-2/h4-11H,3H2,1-2H3,(H2,21,22,23)/b8-7+. The number of hydrogen-bond acceptors (Lipinski definition) is 8. The molecule has 9 heteroatoms. The van der Waals surface area contributed by atoms with Crippen LogP contribution in [0.3, 0.4) is 0 Å². The zero-order valence-electron chi connectivity index (χ0n) is 15.8. The number of nitrogen functional groups attached to an aromatic ring is 1. The number of aromatic nitrogens is 2. The number of esters is 1. The second-order valence-electron chi connectivity index (χ2n) is 5.93. The van der Waals surface area contributed by atoms with Crippen molar-refractivity contribution in [3.63, 3.8) is 0 Å². The Morgan fingerprint density at radius 3 is 2.83 bits per heavy atom. The smallest absolute Gasteiger partial charge is 0.330 e. The molecule has 1 aromatic heterocycles. The summed E-state index contributed by atoms with van der Waals surface area (Å²) in [6.07, 6.45) is 4.34. The Kier molecular flexibility index (Phi) is 5.68. The van der Waals surface area contributed by atoms with Crippen molar-refractivity contribution < 1.29 is 19.2 Å². The fraction of sp³-hybridized carbons (Fsp3) is 0.150. The number of nitro groups is 1. The Bertz CT molecular complexity index is 1130. The van der Waals surface area contributed by atoms with Gasteiger partial charge in [-0.3, -0.25) is 10.1 Å². The number of ether oxygens (including phenoxy) is 2. The molecule has 0 atom stereocenters. The average molecular weight is 394 g/mol. The Labute approximate surface area is 165 Å². The van der Waals surface area contributed by atoms with Crippen molar-refractivity contribution >= 4 is 34.6 Å². The molecule has 0 saturated heterocycles. The number of non-ortho nitro benzene ring substituents is 1. The molecule has 1 heterocycles. The van der Waals surface area contributed by atoms with Gasteiger partial charge in [-0.05, 0) is 30.2 Å². The van der Waals surface area contributed by atoms with E-state index in [1.165, 1.54) is 37.6 Å². The molecular formula is C20H18N4O5. The van der Waals surface area contributed by atoms with Crippen LogP contribution in [-0.2, 0) is 9.53 Å². The van der Waals surface area contributed by atoms with Crippen molar-refractivity contribution in [2.75, 3.05) is 19.5 Å². The third-order valence-corrected chi connectivity index (χ3v) is 4.13. The Balaban J connectivity index is 2.28. The van der Waals surface area contributed by atoms with Crippen LogP contribution in [0.1, 0.15) is 12.5 Å². The van der Waals surface area contributed by atoms with E-state index in [-0.39, 0.29) is 18.2 Å². The summed E-state index contributed by atoms with van der Waals surface area (Å²) in [4.78, 5) is 30.8. The first-order chi connectivity index (χ1) is 13.9. The molecular weight excluding hydrogens is 376 g/mol. The summed E-state index contributed by atoms with van der Waals surface area (Å²) in [5.41, 5.74) is 7.88. The Morgan fingerprint density at radius 2 is 2.14 bits per heavy atom. The number of benzene rings is 2. The lowest BCUT2D eigenvalue weighted by atomic mass is 9.97. The SMILES string of the molecule is CCOC(=O)/C=C/c1cc(-c2cccc([N+](=O)[O-])c2)c2cnc(N)nc2c1OC. The summed E-state index contributed by atoms with van der Waals surface area (Å²) in [6.45, 7) is 1.96. The van der Waals surface area contributed by atoms with Gasteiger partial charge in [-0.1, -0.05) is 12.1 Å². The zero-order chi connectivity index (χ0) is 21.0. The van der Waals surface area contributed by atoms with E-state index in [4.69, 9.17) is 15.2 Å². The maximum atomic E-state index is 11.7. The maximum absolute atomic E-state index is 11.7. The number of fused-ring (bicyclic) bond motifs is 1. The lowest BCUT2D eigenvalue weighted by molar-refractivity contribution is -0.384. The van der Waals surface area contributed by atoms with Gasteiger partial charge in [-0.25, -0.2) is 14.8 Å². The quantitative estimate of drug-likeness (QED) is 0.291. The number of carbonyl (C=O) groups is 1. The van der Waals surface area contributed by atoms with Crippen LogP contribution in [0.15, 0.2) is 42.6 Å². The predicted octanol–water partition coefficient (Wildman–Crippen LogP) is 3.37. The van der Waals surface area contributed by atoms with Crippen molar-refractivity contribution in [1.29, 1.82) is 0 Å². The highest BCUT2D eigenvalue weighted by Gasteiger charge is 2.17. The number of methoxy groups -OCH3 is 1. The fourth-order valence-electron chi connectivity index (χ4n) is 2.91. The first-order valence-corrected chi connectivity index (χ1v) is 8.67. The van der Waals surface area contributed by atoms with Crippen LogP contribution in [0.25, 0.3) is 28.1 Å². The fourth-order valence-corrected chi connectivity index (χ4v) is 2.91. The van der Waals surface area contributed by atoms with Gasteiger partial charge in [0.2, 0.25) is 5.95 Å². The highest BCUT2D eigenvalue weighted by atomic mass is 16.6. The molecule has 2 N–H and O–H groups in total. The highest BCUT2D eigenvalue weighted by molar-refractivity contribution is 6.01. The second kappa shape index (κ2) is 8.34. The molecule has 0 fully saturated rings. The van der Waals surface area contributed by atoms with Crippen molar-refractivity contribution in [2.45, 2.75) is 6.92 Å². The topological polar surface area (TPSA) is 130 Å². The van der Waals surface area contributed by atoms with Crippen LogP contribution in [0, 0.1) is 10.1 Å². The summed E-state index contributed by atoms with van der Waals surface area (Å²) in [5, 5.41) is 11.8. The number of nitrogens with two attached hydrogens (primary N) is 1. The Morgan fingerprint density at radius 1 is 1.34 bits per heavy atom. The molecule has 148 valence electrons. The minimum Gasteiger partial charge on any atom is -0.494 e. The van der Waals surface area contributed by atoms with Gasteiger partial charge in [0.25, 0.3) is 5.69 Å². The van der Waals surface area contributed by atoms with Crippen LogP contribution in [0.4, 0.5) is 11.6 Å². The van der Waals surface area contributed by atoms with Crippen LogP contribution in [0.5, 0.6) is 5.75 Å². The lowest BCUT2D eigenvalue weighted by Crippen LogP contribution is -2.01. The van der Waals surface area contributed by atoms with Crippen LogP contribution < -0.4 is 10.5 Å². The zero-order valence-corrected chi connectivity index (χ0v) is 15.8. The molecule has 0 spiro atoms. The predicted molar refractivity (Wildman–Crippen MR) is 108 cm³/mol. The molecule has 2 aromatic carbocycles. The van der Waals surface area contributed by atoms with E-state index in [2.05, 4.69) is 9.97 Å². The normalized spacial score (nSPS) is 11.0. The van der Waals surface area contributed by atoms with E-state index < -0.39 is 10.9 Å². The first-order valence-electron chi connectivity index (χ1n) is 8.67. The minimum absolute atomic E-state index is 0.0484. The number of hydrogen-bond donors (Lipinski definition) is 1.